The first-order chi connectivity index (χ1) is 10.6. The lowest BCUT2D eigenvalue weighted by atomic mass is 10.6. The Morgan fingerprint density at radius 3 is 1.95 bits per heavy atom. The Morgan fingerprint density at radius 2 is 1.45 bits per heavy atom. The Hall–Kier alpha value is -1.43. The first-order valence-electron chi connectivity index (χ1n) is 6.41. The van der Waals surface area contributed by atoms with Crippen LogP contribution in [0.1, 0.15) is 0 Å². The summed E-state index contributed by atoms with van der Waals surface area (Å²) < 4.78 is 10.4. The largest absolute Gasteiger partial charge is 0.464 e. The van der Waals surface area contributed by atoms with Gasteiger partial charge in [0.15, 0.2) is 6.61 Å². The molecule has 0 bridgehead atoms. The minimum Gasteiger partial charge on any atom is -0.464 e. The van der Waals surface area contributed by atoms with E-state index in [4.69, 9.17) is 14.6 Å². The van der Waals surface area contributed by atoms with Crippen LogP contribution in [-0.4, -0.2) is 74.5 Å². The SMILES string of the molecule is O=C(O)NOCC(=O)NCCOCCOCCNC(=O)CBr. The predicted octanol–water partition coefficient (Wildman–Crippen LogP) is -1.15. The van der Waals surface area contributed by atoms with Crippen molar-refractivity contribution >= 4 is 33.8 Å². The summed E-state index contributed by atoms with van der Waals surface area (Å²) in [6.45, 7) is 1.73. The lowest BCUT2D eigenvalue weighted by Gasteiger charge is -2.07. The zero-order valence-electron chi connectivity index (χ0n) is 11.9. The average Bonchev–Trinajstić information content (AvgIpc) is 2.48. The number of rotatable bonds is 13. The molecule has 0 aromatic heterocycles. The van der Waals surface area contributed by atoms with Crippen molar-refractivity contribution in [2.75, 3.05) is 51.5 Å². The molecule has 0 aromatic carbocycles. The van der Waals surface area contributed by atoms with Crippen LogP contribution in [0.25, 0.3) is 0 Å². The van der Waals surface area contributed by atoms with Gasteiger partial charge in [0.1, 0.15) is 0 Å². The maximum Gasteiger partial charge on any atom is 0.428 e. The van der Waals surface area contributed by atoms with Gasteiger partial charge in [-0.3, -0.25) is 14.4 Å². The van der Waals surface area contributed by atoms with E-state index < -0.39 is 18.6 Å². The molecule has 0 rings (SSSR count). The van der Waals surface area contributed by atoms with Crippen LogP contribution in [0, 0.1) is 0 Å². The predicted molar refractivity (Wildman–Crippen MR) is 78.6 cm³/mol. The van der Waals surface area contributed by atoms with Crippen LogP contribution < -0.4 is 16.1 Å². The number of carbonyl (C=O) groups excluding carboxylic acids is 2. The summed E-state index contributed by atoms with van der Waals surface area (Å²) in [6, 6.07) is 0. The van der Waals surface area contributed by atoms with Crippen LogP contribution in [0.4, 0.5) is 4.79 Å². The number of hydrogen-bond acceptors (Lipinski definition) is 6. The molecule has 11 heteroatoms. The van der Waals surface area contributed by atoms with Crippen LogP contribution in [0.15, 0.2) is 0 Å². The van der Waals surface area contributed by atoms with Gasteiger partial charge in [-0.2, -0.15) is 5.48 Å². The van der Waals surface area contributed by atoms with E-state index >= 15 is 0 Å². The highest BCUT2D eigenvalue weighted by Crippen LogP contribution is 1.81. The monoisotopic (exact) mass is 385 g/mol. The molecule has 3 amide bonds. The number of hydrogen-bond donors (Lipinski definition) is 4. The van der Waals surface area contributed by atoms with Crippen molar-refractivity contribution in [3.8, 4) is 0 Å². The fourth-order valence-electron chi connectivity index (χ4n) is 1.11. The van der Waals surface area contributed by atoms with E-state index in [0.717, 1.165) is 0 Å². The molecule has 22 heavy (non-hydrogen) atoms. The van der Waals surface area contributed by atoms with E-state index in [1.807, 2.05) is 0 Å². The molecule has 0 heterocycles. The maximum atomic E-state index is 11.1. The molecule has 0 aromatic rings. The molecular formula is C11H20BrN3O7. The Labute approximate surface area is 135 Å². The Bertz CT molecular complexity index is 344. The number of nitrogens with one attached hydrogen (secondary N) is 3. The molecule has 0 radical (unpaired) electrons. The first kappa shape index (κ1) is 20.6. The second kappa shape index (κ2) is 14.5. The second-order valence-corrected chi connectivity index (χ2v) is 4.31. The molecule has 0 unspecified atom stereocenters. The van der Waals surface area contributed by atoms with Gasteiger partial charge in [-0.1, -0.05) is 15.9 Å². The molecule has 0 aliphatic heterocycles. The Morgan fingerprint density at radius 1 is 0.909 bits per heavy atom. The molecule has 0 saturated carbocycles. The van der Waals surface area contributed by atoms with Crippen LogP contribution in [-0.2, 0) is 23.9 Å². The van der Waals surface area contributed by atoms with Gasteiger partial charge in [0.05, 0.1) is 31.8 Å². The molecule has 0 aliphatic rings. The summed E-state index contributed by atoms with van der Waals surface area (Å²) in [5, 5.41) is 13.6. The highest BCUT2D eigenvalue weighted by Gasteiger charge is 2.02. The van der Waals surface area contributed by atoms with Crippen LogP contribution >= 0.6 is 15.9 Å². The van der Waals surface area contributed by atoms with Crippen molar-refractivity contribution in [2.45, 2.75) is 0 Å². The fourth-order valence-corrected chi connectivity index (χ4v) is 1.31. The van der Waals surface area contributed by atoms with E-state index in [9.17, 15) is 14.4 Å². The third-order valence-electron chi connectivity index (χ3n) is 1.99. The highest BCUT2D eigenvalue weighted by atomic mass is 79.9. The molecule has 0 fully saturated rings. The third kappa shape index (κ3) is 15.0. The van der Waals surface area contributed by atoms with Gasteiger partial charge in [-0.25, -0.2) is 4.79 Å². The Balaban J connectivity index is 3.21. The van der Waals surface area contributed by atoms with Gasteiger partial charge in [0.2, 0.25) is 11.8 Å². The number of amides is 3. The smallest absolute Gasteiger partial charge is 0.428 e. The summed E-state index contributed by atoms with van der Waals surface area (Å²) >= 11 is 3.02. The van der Waals surface area contributed by atoms with Crippen LogP contribution in [0.2, 0.25) is 0 Å². The van der Waals surface area contributed by atoms with Gasteiger partial charge in [-0.15, -0.1) is 0 Å². The lowest BCUT2D eigenvalue weighted by molar-refractivity contribution is -0.128. The molecule has 4 N–H and O–H groups in total. The van der Waals surface area contributed by atoms with Gasteiger partial charge in [0, 0.05) is 13.1 Å². The van der Waals surface area contributed by atoms with E-state index in [-0.39, 0.29) is 17.8 Å². The van der Waals surface area contributed by atoms with E-state index in [1.165, 1.54) is 0 Å². The number of carboxylic acid groups (broad SMARTS) is 1. The number of carbonyl (C=O) groups is 3. The molecule has 0 saturated heterocycles. The third-order valence-corrected chi connectivity index (χ3v) is 2.50. The minimum absolute atomic E-state index is 0.0990. The van der Waals surface area contributed by atoms with Crippen LogP contribution in [0.3, 0.4) is 0 Å². The van der Waals surface area contributed by atoms with E-state index in [0.29, 0.717) is 33.0 Å². The average molecular weight is 386 g/mol. The summed E-state index contributed by atoms with van der Waals surface area (Å²) in [5.74, 6) is -0.561. The summed E-state index contributed by atoms with van der Waals surface area (Å²) in [5.41, 5.74) is 1.60. The van der Waals surface area contributed by atoms with E-state index in [1.54, 1.807) is 5.48 Å². The normalized spacial score (nSPS) is 10.0. The zero-order valence-corrected chi connectivity index (χ0v) is 13.5. The quantitative estimate of drug-likeness (QED) is 0.178. The zero-order chi connectivity index (χ0) is 16.6. The van der Waals surface area contributed by atoms with Crippen molar-refractivity contribution in [3.05, 3.63) is 0 Å². The van der Waals surface area contributed by atoms with E-state index in [2.05, 4.69) is 31.4 Å². The molecular weight excluding hydrogens is 366 g/mol. The first-order valence-corrected chi connectivity index (χ1v) is 7.54. The highest BCUT2D eigenvalue weighted by molar-refractivity contribution is 9.09. The number of alkyl halides is 1. The summed E-state index contributed by atoms with van der Waals surface area (Å²) in [6.07, 6.45) is -1.37. The minimum atomic E-state index is -1.37. The summed E-state index contributed by atoms with van der Waals surface area (Å²) in [4.78, 5) is 36.4. The standard InChI is InChI=1S/C11H20BrN3O7/c12-7-9(16)13-1-3-20-5-6-21-4-2-14-10(17)8-22-15-11(18)19/h15H,1-8H2,(H,13,16)(H,14,17)(H,18,19). The number of ether oxygens (including phenoxy) is 2. The topological polar surface area (TPSA) is 135 Å². The van der Waals surface area contributed by atoms with Crippen LogP contribution in [0.5, 0.6) is 0 Å². The number of hydroxylamine groups is 1. The molecule has 128 valence electrons. The van der Waals surface area contributed by atoms with Crippen molar-refractivity contribution < 1.29 is 33.8 Å². The molecule has 10 nitrogen and oxygen atoms in total. The van der Waals surface area contributed by atoms with Crippen molar-refractivity contribution in [1.82, 2.24) is 16.1 Å². The fraction of sp³-hybridized carbons (Fsp3) is 0.727. The maximum absolute atomic E-state index is 11.1. The van der Waals surface area contributed by atoms with Gasteiger partial charge >= 0.3 is 6.09 Å². The van der Waals surface area contributed by atoms with Crippen molar-refractivity contribution in [2.24, 2.45) is 0 Å². The number of halogens is 1. The van der Waals surface area contributed by atoms with Gasteiger partial charge < -0.3 is 25.2 Å². The second-order valence-electron chi connectivity index (χ2n) is 3.75. The molecule has 0 aliphatic carbocycles. The molecule has 0 atom stereocenters. The van der Waals surface area contributed by atoms with Crippen molar-refractivity contribution in [3.63, 3.8) is 0 Å². The van der Waals surface area contributed by atoms with Crippen molar-refractivity contribution in [1.29, 1.82) is 0 Å². The van der Waals surface area contributed by atoms with Gasteiger partial charge in [0.25, 0.3) is 0 Å². The van der Waals surface area contributed by atoms with Gasteiger partial charge in [-0.05, 0) is 0 Å². The Kier molecular flexibility index (Phi) is 13.6. The lowest BCUT2D eigenvalue weighted by Crippen LogP contribution is -2.34. The molecule has 0 spiro atoms. The summed E-state index contributed by atoms with van der Waals surface area (Å²) in [7, 11) is 0.